The van der Waals surface area contributed by atoms with Gasteiger partial charge in [-0.25, -0.2) is 0 Å². The minimum atomic E-state index is 0.298. The van der Waals surface area contributed by atoms with Gasteiger partial charge in [0.05, 0.1) is 0 Å². The number of rotatable bonds is 6. The minimum absolute atomic E-state index is 0.298. The first kappa shape index (κ1) is 13.3. The molecule has 0 saturated heterocycles. The van der Waals surface area contributed by atoms with Gasteiger partial charge in [0.1, 0.15) is 0 Å². The number of nitrogens with two attached hydrogens (primary N) is 1. The lowest BCUT2D eigenvalue weighted by Gasteiger charge is -2.27. The molecule has 2 aromatic rings. The molecular formula is C18H22N2. The molecule has 20 heavy (non-hydrogen) atoms. The van der Waals surface area contributed by atoms with E-state index in [1.807, 2.05) is 0 Å². The van der Waals surface area contributed by atoms with E-state index in [9.17, 15) is 0 Å². The summed E-state index contributed by atoms with van der Waals surface area (Å²) in [4.78, 5) is 0. The fourth-order valence-electron chi connectivity index (χ4n) is 2.99. The van der Waals surface area contributed by atoms with Gasteiger partial charge in [0, 0.05) is 12.0 Å². The molecule has 1 unspecified atom stereocenters. The molecule has 1 saturated carbocycles. The first-order valence-corrected chi connectivity index (χ1v) is 7.44. The van der Waals surface area contributed by atoms with E-state index < -0.39 is 0 Å². The van der Waals surface area contributed by atoms with Crippen molar-refractivity contribution in [1.82, 2.24) is 5.43 Å². The van der Waals surface area contributed by atoms with Crippen LogP contribution in [0.5, 0.6) is 0 Å². The van der Waals surface area contributed by atoms with Crippen LogP contribution in [0.1, 0.15) is 36.3 Å². The van der Waals surface area contributed by atoms with Crippen molar-refractivity contribution in [3.8, 4) is 0 Å². The third-order valence-electron chi connectivity index (χ3n) is 4.22. The lowest BCUT2D eigenvalue weighted by atomic mass is 9.83. The van der Waals surface area contributed by atoms with E-state index in [1.165, 1.54) is 24.0 Å². The highest BCUT2D eigenvalue weighted by atomic mass is 15.2. The Hall–Kier alpha value is -1.64. The van der Waals surface area contributed by atoms with Crippen LogP contribution in [0.2, 0.25) is 0 Å². The smallest absolute Gasteiger partial charge is 0.0322 e. The Balaban J connectivity index is 1.93. The lowest BCUT2D eigenvalue weighted by molar-refractivity contribution is 0.428. The molecule has 0 aromatic heterocycles. The highest BCUT2D eigenvalue weighted by Gasteiger charge is 2.31. The van der Waals surface area contributed by atoms with Gasteiger partial charge in [-0.3, -0.25) is 11.3 Å². The Kier molecular flexibility index (Phi) is 4.14. The standard InChI is InChI=1S/C18H22N2/c19-20-17(13-14-11-12-14)18(15-7-3-1-4-8-15)16-9-5-2-6-10-16/h1-10,14,17-18,20H,11-13,19H2. The lowest BCUT2D eigenvalue weighted by Crippen LogP contribution is -2.40. The molecule has 2 heteroatoms. The summed E-state index contributed by atoms with van der Waals surface area (Å²) >= 11 is 0. The molecule has 0 bridgehead atoms. The third-order valence-corrected chi connectivity index (χ3v) is 4.22. The van der Waals surface area contributed by atoms with E-state index >= 15 is 0 Å². The normalized spacial score (nSPS) is 16.3. The van der Waals surface area contributed by atoms with Crippen LogP contribution in [0.25, 0.3) is 0 Å². The third kappa shape index (κ3) is 3.09. The van der Waals surface area contributed by atoms with Crippen LogP contribution in [0.3, 0.4) is 0 Å². The van der Waals surface area contributed by atoms with Crippen molar-refractivity contribution in [3.05, 3.63) is 71.8 Å². The topological polar surface area (TPSA) is 38.0 Å². The van der Waals surface area contributed by atoms with E-state index in [1.54, 1.807) is 0 Å². The summed E-state index contributed by atoms with van der Waals surface area (Å²) in [5.74, 6) is 7.05. The largest absolute Gasteiger partial charge is 0.271 e. The predicted molar refractivity (Wildman–Crippen MR) is 83.2 cm³/mol. The summed E-state index contributed by atoms with van der Waals surface area (Å²) in [6, 6.07) is 21.7. The van der Waals surface area contributed by atoms with Crippen molar-refractivity contribution in [2.75, 3.05) is 0 Å². The van der Waals surface area contributed by atoms with Crippen LogP contribution in [-0.4, -0.2) is 6.04 Å². The Bertz CT molecular complexity index is 480. The monoisotopic (exact) mass is 266 g/mol. The van der Waals surface area contributed by atoms with E-state index in [0.29, 0.717) is 12.0 Å². The molecule has 1 fully saturated rings. The van der Waals surface area contributed by atoms with Gasteiger partial charge in [0.2, 0.25) is 0 Å². The Morgan fingerprint density at radius 2 is 1.40 bits per heavy atom. The highest BCUT2D eigenvalue weighted by molar-refractivity contribution is 5.34. The summed E-state index contributed by atoms with van der Waals surface area (Å²) in [6.07, 6.45) is 3.87. The molecule has 0 heterocycles. The summed E-state index contributed by atoms with van der Waals surface area (Å²) in [6.45, 7) is 0. The van der Waals surface area contributed by atoms with E-state index in [4.69, 9.17) is 5.84 Å². The highest BCUT2D eigenvalue weighted by Crippen LogP contribution is 2.38. The van der Waals surface area contributed by atoms with Crippen molar-refractivity contribution in [2.24, 2.45) is 11.8 Å². The zero-order valence-electron chi connectivity index (χ0n) is 11.7. The van der Waals surface area contributed by atoms with Gasteiger partial charge in [0.25, 0.3) is 0 Å². The fourth-order valence-corrected chi connectivity index (χ4v) is 2.99. The molecule has 104 valence electrons. The van der Waals surface area contributed by atoms with Crippen LogP contribution in [0.4, 0.5) is 0 Å². The summed E-state index contributed by atoms with van der Waals surface area (Å²) in [5.41, 5.74) is 5.74. The molecule has 2 nitrogen and oxygen atoms in total. The van der Waals surface area contributed by atoms with Crippen molar-refractivity contribution in [3.63, 3.8) is 0 Å². The van der Waals surface area contributed by atoms with Crippen molar-refractivity contribution < 1.29 is 0 Å². The number of nitrogens with one attached hydrogen (secondary N) is 1. The molecule has 1 atom stereocenters. The van der Waals surface area contributed by atoms with Crippen LogP contribution in [-0.2, 0) is 0 Å². The van der Waals surface area contributed by atoms with Crippen molar-refractivity contribution in [1.29, 1.82) is 0 Å². The van der Waals surface area contributed by atoms with E-state index in [-0.39, 0.29) is 0 Å². The van der Waals surface area contributed by atoms with Crippen LogP contribution < -0.4 is 11.3 Å². The van der Waals surface area contributed by atoms with Gasteiger partial charge in [0.15, 0.2) is 0 Å². The van der Waals surface area contributed by atoms with Gasteiger partial charge in [-0.2, -0.15) is 0 Å². The Labute approximate surface area is 121 Å². The van der Waals surface area contributed by atoms with Gasteiger partial charge in [-0.15, -0.1) is 0 Å². The molecule has 3 N–H and O–H groups in total. The van der Waals surface area contributed by atoms with Crippen molar-refractivity contribution >= 4 is 0 Å². The quantitative estimate of drug-likeness (QED) is 0.621. The zero-order valence-corrected chi connectivity index (χ0v) is 11.7. The first-order valence-electron chi connectivity index (χ1n) is 7.44. The van der Waals surface area contributed by atoms with Crippen LogP contribution in [0, 0.1) is 5.92 Å². The minimum Gasteiger partial charge on any atom is -0.271 e. The molecule has 0 spiro atoms. The second-order valence-electron chi connectivity index (χ2n) is 5.75. The summed E-state index contributed by atoms with van der Waals surface area (Å²) < 4.78 is 0. The molecule has 0 aliphatic heterocycles. The molecule has 2 aromatic carbocycles. The fraction of sp³-hybridized carbons (Fsp3) is 0.333. The van der Waals surface area contributed by atoms with Gasteiger partial charge < -0.3 is 0 Å². The number of hydrazine groups is 1. The van der Waals surface area contributed by atoms with E-state index in [2.05, 4.69) is 66.1 Å². The summed E-state index contributed by atoms with van der Waals surface area (Å²) in [5, 5.41) is 0. The Morgan fingerprint density at radius 1 is 0.900 bits per heavy atom. The maximum Gasteiger partial charge on any atom is 0.0322 e. The SMILES string of the molecule is NNC(CC1CC1)C(c1ccccc1)c1ccccc1. The van der Waals surface area contributed by atoms with E-state index in [0.717, 1.165) is 12.3 Å². The molecule has 0 radical (unpaired) electrons. The molecule has 1 aliphatic rings. The second-order valence-corrected chi connectivity index (χ2v) is 5.75. The molecule has 0 amide bonds. The number of hydrogen-bond donors (Lipinski definition) is 2. The second kappa shape index (κ2) is 6.21. The summed E-state index contributed by atoms with van der Waals surface area (Å²) in [7, 11) is 0. The van der Waals surface area contributed by atoms with Crippen LogP contribution in [0.15, 0.2) is 60.7 Å². The first-order chi connectivity index (χ1) is 9.88. The zero-order chi connectivity index (χ0) is 13.8. The molecular weight excluding hydrogens is 244 g/mol. The average Bonchev–Trinajstić information content (AvgIpc) is 3.33. The predicted octanol–water partition coefficient (Wildman–Crippen LogP) is 3.45. The average molecular weight is 266 g/mol. The number of hydrogen-bond acceptors (Lipinski definition) is 2. The van der Waals surface area contributed by atoms with Gasteiger partial charge in [-0.05, 0) is 23.5 Å². The maximum atomic E-state index is 5.87. The van der Waals surface area contributed by atoms with Crippen molar-refractivity contribution in [2.45, 2.75) is 31.2 Å². The maximum absolute atomic E-state index is 5.87. The number of benzene rings is 2. The Morgan fingerprint density at radius 3 is 1.80 bits per heavy atom. The molecule has 1 aliphatic carbocycles. The van der Waals surface area contributed by atoms with Crippen LogP contribution >= 0.6 is 0 Å². The van der Waals surface area contributed by atoms with Gasteiger partial charge in [-0.1, -0.05) is 73.5 Å². The molecule has 3 rings (SSSR count). The van der Waals surface area contributed by atoms with Gasteiger partial charge >= 0.3 is 0 Å².